The fraction of sp³-hybridized carbons (Fsp3) is 0.720. The number of phenols is 1. The summed E-state index contributed by atoms with van der Waals surface area (Å²) in [7, 11) is 0. The third-order valence-corrected chi connectivity index (χ3v) is 6.49. The number of rotatable bonds is 19. The summed E-state index contributed by atoms with van der Waals surface area (Å²) in [6, 6.07) is 6.39. The zero-order valence-electron chi connectivity index (χ0n) is 19.7. The molecule has 1 rings (SSSR count). The van der Waals surface area contributed by atoms with Crippen LogP contribution in [0.15, 0.2) is 24.3 Å². The second-order valence-corrected chi connectivity index (χ2v) is 9.72. The number of carbonyl (C=O) groups is 1. The van der Waals surface area contributed by atoms with Crippen LogP contribution in [0.4, 0.5) is 4.79 Å². The molecule has 0 heterocycles. The fourth-order valence-corrected chi connectivity index (χ4v) is 4.32. The lowest BCUT2D eigenvalue weighted by molar-refractivity contribution is 0.237. The molecule has 0 aliphatic rings. The number of thioether (sulfide) groups is 1. The fourth-order valence-electron chi connectivity index (χ4n) is 3.37. The van der Waals surface area contributed by atoms with Gasteiger partial charge in [0.25, 0.3) is 0 Å². The molecule has 31 heavy (non-hydrogen) atoms. The SMILES string of the molecule is CCCCCCCCCCCCC(C)SCCNC(=O)NCCOc1ccc(O)cc1. The Kier molecular flexibility index (Phi) is 17.0. The number of urea groups is 1. The first-order valence-corrected chi connectivity index (χ1v) is 13.2. The highest BCUT2D eigenvalue weighted by Crippen LogP contribution is 2.18. The van der Waals surface area contributed by atoms with Crippen LogP contribution in [0.5, 0.6) is 11.5 Å². The van der Waals surface area contributed by atoms with Gasteiger partial charge in [-0.15, -0.1) is 0 Å². The molecule has 1 unspecified atom stereocenters. The number of ether oxygens (including phenoxy) is 1. The lowest BCUT2D eigenvalue weighted by Gasteiger charge is -2.12. The van der Waals surface area contributed by atoms with Crippen molar-refractivity contribution in [2.45, 2.75) is 89.7 Å². The third kappa shape index (κ3) is 16.8. The second-order valence-electron chi connectivity index (χ2n) is 8.18. The maximum absolute atomic E-state index is 11.8. The van der Waals surface area contributed by atoms with Crippen molar-refractivity contribution in [1.82, 2.24) is 10.6 Å². The van der Waals surface area contributed by atoms with Crippen LogP contribution in [0, 0.1) is 0 Å². The molecule has 6 heteroatoms. The summed E-state index contributed by atoms with van der Waals surface area (Å²) in [4.78, 5) is 11.8. The molecule has 3 N–H and O–H groups in total. The van der Waals surface area contributed by atoms with Crippen LogP contribution in [0.2, 0.25) is 0 Å². The Morgan fingerprint density at radius 3 is 2.16 bits per heavy atom. The maximum Gasteiger partial charge on any atom is 0.314 e. The van der Waals surface area contributed by atoms with Crippen molar-refractivity contribution < 1.29 is 14.6 Å². The monoisotopic (exact) mass is 452 g/mol. The van der Waals surface area contributed by atoms with Gasteiger partial charge in [-0.2, -0.15) is 11.8 Å². The summed E-state index contributed by atoms with van der Waals surface area (Å²) in [5, 5.41) is 15.6. The van der Waals surface area contributed by atoms with Gasteiger partial charge >= 0.3 is 6.03 Å². The zero-order chi connectivity index (χ0) is 22.6. The van der Waals surface area contributed by atoms with E-state index < -0.39 is 0 Å². The number of hydrogen-bond donors (Lipinski definition) is 3. The predicted molar refractivity (Wildman–Crippen MR) is 133 cm³/mol. The molecule has 0 aromatic heterocycles. The van der Waals surface area contributed by atoms with E-state index in [2.05, 4.69) is 24.5 Å². The predicted octanol–water partition coefficient (Wildman–Crippen LogP) is 6.50. The Morgan fingerprint density at radius 2 is 1.52 bits per heavy atom. The maximum atomic E-state index is 11.8. The van der Waals surface area contributed by atoms with Crippen LogP contribution in [0.1, 0.15) is 84.5 Å². The van der Waals surface area contributed by atoms with Crippen molar-refractivity contribution >= 4 is 17.8 Å². The van der Waals surface area contributed by atoms with Gasteiger partial charge in [-0.3, -0.25) is 0 Å². The van der Waals surface area contributed by atoms with Crippen LogP contribution >= 0.6 is 11.8 Å². The first-order valence-electron chi connectivity index (χ1n) is 12.2. The van der Waals surface area contributed by atoms with E-state index in [1.165, 1.54) is 70.6 Å². The first-order chi connectivity index (χ1) is 15.1. The zero-order valence-corrected chi connectivity index (χ0v) is 20.5. The van der Waals surface area contributed by atoms with Crippen molar-refractivity contribution in [3.05, 3.63) is 24.3 Å². The molecule has 0 radical (unpaired) electrons. The molecule has 0 saturated carbocycles. The molecule has 178 valence electrons. The van der Waals surface area contributed by atoms with E-state index in [0.717, 1.165) is 5.75 Å². The minimum Gasteiger partial charge on any atom is -0.508 e. The number of amides is 2. The first kappa shape index (κ1) is 27.5. The van der Waals surface area contributed by atoms with E-state index >= 15 is 0 Å². The number of hydrogen-bond acceptors (Lipinski definition) is 4. The molecule has 1 atom stereocenters. The smallest absolute Gasteiger partial charge is 0.314 e. The van der Waals surface area contributed by atoms with Gasteiger partial charge in [0.2, 0.25) is 0 Å². The van der Waals surface area contributed by atoms with Gasteiger partial charge in [0.1, 0.15) is 18.1 Å². The summed E-state index contributed by atoms with van der Waals surface area (Å²) >= 11 is 1.94. The Morgan fingerprint density at radius 1 is 0.935 bits per heavy atom. The molecule has 1 aromatic rings. The minimum absolute atomic E-state index is 0.155. The lowest BCUT2D eigenvalue weighted by Crippen LogP contribution is -2.38. The molecule has 1 aromatic carbocycles. The Labute approximate surface area is 194 Å². The average Bonchev–Trinajstić information content (AvgIpc) is 2.77. The molecular formula is C25H44N2O3S. The van der Waals surface area contributed by atoms with Crippen LogP contribution in [0.3, 0.4) is 0 Å². The number of unbranched alkanes of at least 4 members (excludes halogenated alkanes) is 9. The molecule has 0 aliphatic heterocycles. The molecule has 0 fully saturated rings. The number of nitrogens with one attached hydrogen (secondary N) is 2. The summed E-state index contributed by atoms with van der Waals surface area (Å²) in [6.45, 7) is 6.07. The van der Waals surface area contributed by atoms with Gasteiger partial charge in [-0.1, -0.05) is 78.1 Å². The van der Waals surface area contributed by atoms with Crippen molar-refractivity contribution in [1.29, 1.82) is 0 Å². The summed E-state index contributed by atoms with van der Waals surface area (Å²) in [5.41, 5.74) is 0. The van der Waals surface area contributed by atoms with E-state index in [-0.39, 0.29) is 11.8 Å². The Bertz CT molecular complexity index is 554. The van der Waals surface area contributed by atoms with Crippen molar-refractivity contribution in [3.63, 3.8) is 0 Å². The molecular weight excluding hydrogens is 408 g/mol. The number of aromatic hydroxyl groups is 1. The molecule has 0 spiro atoms. The van der Waals surface area contributed by atoms with Gasteiger partial charge in [0.05, 0.1) is 6.54 Å². The summed E-state index contributed by atoms with van der Waals surface area (Å²) in [5.74, 6) is 1.82. The summed E-state index contributed by atoms with van der Waals surface area (Å²) < 4.78 is 5.50. The molecule has 0 saturated heterocycles. The standard InChI is InChI=1S/C25H44N2O3S/c1-3-4-5-6-7-8-9-10-11-12-13-22(2)31-21-19-27-25(29)26-18-20-30-24-16-14-23(28)15-17-24/h14-17,22,28H,3-13,18-21H2,1-2H3,(H2,26,27,29). The van der Waals surface area contributed by atoms with Crippen molar-refractivity contribution in [3.8, 4) is 11.5 Å². The van der Waals surface area contributed by atoms with E-state index in [4.69, 9.17) is 4.74 Å². The summed E-state index contributed by atoms with van der Waals surface area (Å²) in [6.07, 6.45) is 15.1. The number of carbonyl (C=O) groups excluding carboxylic acids is 1. The molecule has 5 nitrogen and oxygen atoms in total. The van der Waals surface area contributed by atoms with Crippen molar-refractivity contribution in [2.75, 3.05) is 25.4 Å². The van der Waals surface area contributed by atoms with Crippen LogP contribution in [0.25, 0.3) is 0 Å². The van der Waals surface area contributed by atoms with Gasteiger partial charge in [0, 0.05) is 17.5 Å². The second kappa shape index (κ2) is 19.1. The van der Waals surface area contributed by atoms with E-state index in [1.54, 1.807) is 24.3 Å². The van der Waals surface area contributed by atoms with Gasteiger partial charge in [-0.05, 0) is 30.7 Å². The topological polar surface area (TPSA) is 70.6 Å². The lowest BCUT2D eigenvalue weighted by atomic mass is 10.1. The van der Waals surface area contributed by atoms with E-state index in [1.807, 2.05) is 11.8 Å². The van der Waals surface area contributed by atoms with Gasteiger partial charge in [-0.25, -0.2) is 4.79 Å². The molecule has 2 amide bonds. The highest BCUT2D eigenvalue weighted by molar-refractivity contribution is 7.99. The van der Waals surface area contributed by atoms with Crippen LogP contribution in [-0.2, 0) is 0 Å². The van der Waals surface area contributed by atoms with E-state index in [0.29, 0.717) is 30.7 Å². The number of benzene rings is 1. The molecule has 0 bridgehead atoms. The van der Waals surface area contributed by atoms with Crippen LogP contribution < -0.4 is 15.4 Å². The van der Waals surface area contributed by atoms with E-state index in [9.17, 15) is 9.90 Å². The van der Waals surface area contributed by atoms with Gasteiger partial charge in [0.15, 0.2) is 0 Å². The highest BCUT2D eigenvalue weighted by Gasteiger charge is 2.04. The van der Waals surface area contributed by atoms with Crippen LogP contribution in [-0.4, -0.2) is 41.8 Å². The normalized spacial score (nSPS) is 11.8. The Hall–Kier alpha value is -1.56. The quantitative estimate of drug-likeness (QED) is 0.209. The molecule has 0 aliphatic carbocycles. The largest absolute Gasteiger partial charge is 0.508 e. The number of phenolic OH excluding ortho intramolecular Hbond substituents is 1. The van der Waals surface area contributed by atoms with Crippen molar-refractivity contribution in [2.24, 2.45) is 0 Å². The third-order valence-electron chi connectivity index (χ3n) is 5.25. The Balaban J connectivity index is 1.86. The highest BCUT2D eigenvalue weighted by atomic mass is 32.2. The minimum atomic E-state index is -0.155. The average molecular weight is 453 g/mol. The van der Waals surface area contributed by atoms with Gasteiger partial charge < -0.3 is 20.5 Å².